The van der Waals surface area contributed by atoms with E-state index in [0.717, 1.165) is 60.2 Å². The molecule has 7 nitrogen and oxygen atoms in total. The second-order valence-corrected chi connectivity index (χ2v) is 7.93. The molecule has 2 aromatic heterocycles. The van der Waals surface area contributed by atoms with Gasteiger partial charge in [0.05, 0.1) is 11.2 Å². The fraction of sp³-hybridized carbons (Fsp3) is 0.333. The van der Waals surface area contributed by atoms with Gasteiger partial charge < -0.3 is 4.90 Å². The predicted molar refractivity (Wildman–Crippen MR) is 122 cm³/mol. The predicted octanol–water partition coefficient (Wildman–Crippen LogP) is 4.47. The molecule has 8 heteroatoms. The number of benzene rings is 2. The number of halogens is 1. The Morgan fingerprint density at radius 1 is 1.09 bits per heavy atom. The Kier molecular flexibility index (Phi) is 6.58. The topological polar surface area (TPSA) is 79.7 Å². The molecule has 0 saturated carbocycles. The Hall–Kier alpha value is -3.55. The number of hydrogen-bond donors (Lipinski definition) is 1. The molecule has 2 heterocycles. The van der Waals surface area contributed by atoms with Crippen LogP contribution in [-0.4, -0.2) is 49.6 Å². The van der Waals surface area contributed by atoms with Crippen molar-refractivity contribution >= 4 is 16.9 Å². The van der Waals surface area contributed by atoms with E-state index in [9.17, 15) is 9.18 Å². The fourth-order valence-corrected chi connectivity index (χ4v) is 3.76. The molecule has 0 saturated heterocycles. The van der Waals surface area contributed by atoms with Gasteiger partial charge in [0.1, 0.15) is 11.3 Å². The van der Waals surface area contributed by atoms with Crippen molar-refractivity contribution in [2.45, 2.75) is 39.2 Å². The smallest absolute Gasteiger partial charge is 0.253 e. The summed E-state index contributed by atoms with van der Waals surface area (Å²) < 4.78 is 14.9. The van der Waals surface area contributed by atoms with E-state index in [2.05, 4.69) is 20.5 Å². The van der Waals surface area contributed by atoms with Crippen LogP contribution in [0.3, 0.4) is 0 Å². The van der Waals surface area contributed by atoms with Crippen molar-refractivity contribution in [3.05, 3.63) is 65.6 Å². The highest BCUT2D eigenvalue weighted by molar-refractivity contribution is 5.97. The van der Waals surface area contributed by atoms with Gasteiger partial charge in [0.25, 0.3) is 5.91 Å². The van der Waals surface area contributed by atoms with E-state index in [0.29, 0.717) is 12.1 Å². The average Bonchev–Trinajstić information content (AvgIpc) is 3.45. The van der Waals surface area contributed by atoms with Crippen molar-refractivity contribution in [1.29, 1.82) is 0 Å². The fourth-order valence-electron chi connectivity index (χ4n) is 3.76. The molecular formula is C24H27FN6O. The Morgan fingerprint density at radius 2 is 1.91 bits per heavy atom. The van der Waals surface area contributed by atoms with Crippen LogP contribution >= 0.6 is 0 Å². The second-order valence-electron chi connectivity index (χ2n) is 7.93. The van der Waals surface area contributed by atoms with Crippen LogP contribution in [0.2, 0.25) is 0 Å². The number of unbranched alkanes of at least 4 members (excludes halogenated alkanes) is 2. The Bertz CT molecular complexity index is 1200. The Balaban J connectivity index is 1.22. The molecule has 4 aromatic rings. The van der Waals surface area contributed by atoms with Gasteiger partial charge in [-0.15, -0.1) is 5.10 Å². The number of aryl methyl sites for hydroxylation is 2. The van der Waals surface area contributed by atoms with Crippen LogP contribution in [0.5, 0.6) is 0 Å². The number of rotatable bonds is 9. The lowest BCUT2D eigenvalue weighted by atomic mass is 10.1. The summed E-state index contributed by atoms with van der Waals surface area (Å²) in [7, 11) is 1.83. The summed E-state index contributed by atoms with van der Waals surface area (Å²) in [4.78, 5) is 14.5. The summed E-state index contributed by atoms with van der Waals surface area (Å²) in [5.41, 5.74) is 5.08. The van der Waals surface area contributed by atoms with Gasteiger partial charge in [-0.1, -0.05) is 11.6 Å². The molecule has 2 aromatic carbocycles. The van der Waals surface area contributed by atoms with Crippen molar-refractivity contribution in [2.24, 2.45) is 0 Å². The molecule has 166 valence electrons. The van der Waals surface area contributed by atoms with Crippen molar-refractivity contribution in [1.82, 2.24) is 30.1 Å². The molecule has 4 rings (SSSR count). The molecule has 0 spiro atoms. The summed E-state index contributed by atoms with van der Waals surface area (Å²) in [6.07, 6.45) is 3.82. The van der Waals surface area contributed by atoms with Gasteiger partial charge in [0, 0.05) is 37.0 Å². The summed E-state index contributed by atoms with van der Waals surface area (Å²) in [6, 6.07) is 13.9. The third-order valence-corrected chi connectivity index (χ3v) is 5.62. The quantitative estimate of drug-likeness (QED) is 0.394. The average molecular weight is 435 g/mol. The molecule has 0 atom stereocenters. The van der Waals surface area contributed by atoms with Gasteiger partial charge in [-0.3, -0.25) is 9.89 Å². The SMILES string of the molecule is CCn1nnc2cc(C(=O)N(C)CCCCCc3cc(-c4ccc(F)cc4)n[nH]3)ccc21. The minimum absolute atomic E-state index is 0.00421. The Morgan fingerprint density at radius 3 is 2.69 bits per heavy atom. The minimum atomic E-state index is -0.252. The number of carbonyl (C=O) groups excluding carboxylic acids is 1. The number of H-pyrrole nitrogens is 1. The number of nitrogens with zero attached hydrogens (tertiary/aromatic N) is 5. The molecule has 0 fully saturated rings. The summed E-state index contributed by atoms with van der Waals surface area (Å²) in [5.74, 6) is -0.256. The van der Waals surface area contributed by atoms with Crippen LogP contribution in [0.25, 0.3) is 22.3 Å². The number of fused-ring (bicyclic) bond motifs is 1. The van der Waals surface area contributed by atoms with Crippen LogP contribution in [0.4, 0.5) is 4.39 Å². The third kappa shape index (κ3) is 4.85. The van der Waals surface area contributed by atoms with E-state index in [-0.39, 0.29) is 11.7 Å². The van der Waals surface area contributed by atoms with Gasteiger partial charge in [0.2, 0.25) is 0 Å². The lowest BCUT2D eigenvalue weighted by Crippen LogP contribution is -2.27. The normalized spacial score (nSPS) is 11.2. The van der Waals surface area contributed by atoms with Crippen LogP contribution in [0, 0.1) is 5.82 Å². The van der Waals surface area contributed by atoms with Crippen LogP contribution in [0.15, 0.2) is 48.5 Å². The zero-order valence-electron chi connectivity index (χ0n) is 18.4. The van der Waals surface area contributed by atoms with Crippen LogP contribution in [0.1, 0.15) is 42.2 Å². The first-order valence-electron chi connectivity index (χ1n) is 10.9. The molecule has 0 aliphatic rings. The van der Waals surface area contributed by atoms with Gasteiger partial charge in [-0.2, -0.15) is 5.10 Å². The molecule has 1 amide bonds. The van der Waals surface area contributed by atoms with Crippen molar-refractivity contribution in [3.8, 4) is 11.3 Å². The van der Waals surface area contributed by atoms with Crippen molar-refractivity contribution < 1.29 is 9.18 Å². The van der Waals surface area contributed by atoms with E-state index in [1.54, 1.807) is 17.0 Å². The highest BCUT2D eigenvalue weighted by atomic mass is 19.1. The molecule has 0 bridgehead atoms. The van der Waals surface area contributed by atoms with E-state index in [1.165, 1.54) is 12.1 Å². The van der Waals surface area contributed by atoms with E-state index in [4.69, 9.17) is 0 Å². The monoisotopic (exact) mass is 434 g/mol. The first kappa shape index (κ1) is 21.7. The molecule has 0 aliphatic heterocycles. The van der Waals surface area contributed by atoms with Gasteiger partial charge >= 0.3 is 0 Å². The standard InChI is InChI=1S/C24H27FN6O/c1-3-31-23-13-10-18(15-22(23)28-29-31)24(32)30(2)14-6-4-5-7-20-16-21(27-26-20)17-8-11-19(25)12-9-17/h8-13,15-16H,3-7,14H2,1-2H3,(H,26,27). The molecule has 0 unspecified atom stereocenters. The minimum Gasteiger partial charge on any atom is -0.342 e. The Labute approximate surface area is 186 Å². The number of aromatic amines is 1. The van der Waals surface area contributed by atoms with E-state index >= 15 is 0 Å². The maximum Gasteiger partial charge on any atom is 0.253 e. The van der Waals surface area contributed by atoms with Gasteiger partial charge in [-0.05, 0) is 74.7 Å². The van der Waals surface area contributed by atoms with E-state index < -0.39 is 0 Å². The number of aromatic nitrogens is 5. The first-order chi connectivity index (χ1) is 15.5. The van der Waals surface area contributed by atoms with Gasteiger partial charge in [0.15, 0.2) is 0 Å². The largest absolute Gasteiger partial charge is 0.342 e. The summed E-state index contributed by atoms with van der Waals surface area (Å²) in [5, 5.41) is 15.6. The zero-order valence-corrected chi connectivity index (χ0v) is 18.4. The maximum atomic E-state index is 13.1. The third-order valence-electron chi connectivity index (χ3n) is 5.62. The second kappa shape index (κ2) is 9.72. The molecular weight excluding hydrogens is 407 g/mol. The highest BCUT2D eigenvalue weighted by Crippen LogP contribution is 2.19. The lowest BCUT2D eigenvalue weighted by Gasteiger charge is -2.17. The number of hydrogen-bond acceptors (Lipinski definition) is 4. The van der Waals surface area contributed by atoms with Crippen molar-refractivity contribution in [3.63, 3.8) is 0 Å². The lowest BCUT2D eigenvalue weighted by molar-refractivity contribution is 0.0792. The highest BCUT2D eigenvalue weighted by Gasteiger charge is 2.14. The van der Waals surface area contributed by atoms with Crippen LogP contribution < -0.4 is 0 Å². The molecule has 0 radical (unpaired) electrons. The van der Waals surface area contributed by atoms with Crippen molar-refractivity contribution in [2.75, 3.05) is 13.6 Å². The number of carbonyl (C=O) groups is 1. The summed E-state index contributed by atoms with van der Waals surface area (Å²) in [6.45, 7) is 3.45. The molecule has 0 aliphatic carbocycles. The zero-order chi connectivity index (χ0) is 22.5. The first-order valence-corrected chi connectivity index (χ1v) is 10.9. The molecule has 1 N–H and O–H groups in total. The maximum absolute atomic E-state index is 13.1. The van der Waals surface area contributed by atoms with E-state index in [1.807, 2.05) is 42.9 Å². The number of amides is 1. The van der Waals surface area contributed by atoms with Crippen LogP contribution in [-0.2, 0) is 13.0 Å². The van der Waals surface area contributed by atoms with Gasteiger partial charge in [-0.25, -0.2) is 9.07 Å². The number of nitrogens with one attached hydrogen (secondary N) is 1. The summed E-state index contributed by atoms with van der Waals surface area (Å²) >= 11 is 0. The molecule has 32 heavy (non-hydrogen) atoms.